The molecular formula is C43H67O3P. The summed E-state index contributed by atoms with van der Waals surface area (Å²) in [5, 5.41) is 0.502. The summed E-state index contributed by atoms with van der Waals surface area (Å²) in [5.74, 6) is 0. The van der Waals surface area contributed by atoms with Gasteiger partial charge in [-0.1, -0.05) is 0 Å². The molecule has 47 heavy (non-hydrogen) atoms. The Bertz CT molecular complexity index is 1560. The molecule has 0 saturated heterocycles. The van der Waals surface area contributed by atoms with Crippen molar-refractivity contribution in [1.82, 2.24) is 0 Å². The second kappa shape index (κ2) is 13.0. The van der Waals surface area contributed by atoms with Crippen LogP contribution in [0.4, 0.5) is 0 Å². The number of rotatable bonds is 13. The Balaban J connectivity index is 2.60. The van der Waals surface area contributed by atoms with Crippen molar-refractivity contribution < 1.29 is 14.7 Å². The van der Waals surface area contributed by atoms with E-state index in [1.54, 1.807) is 0 Å². The standard InChI is InChI=1S/C43H67O3P/c1-16-39(6,7)31-23-21-30(22-24-31)37-33(41(10,11)18-3)26-28-36(38(37)43(14,15)20-5)47(44,45,46)35-27-25-32(40(8,9)17-2)29-34(35)42(12,13)19-4/h21-29,44-46H,16-20H2,1-15H3. The summed E-state index contributed by atoms with van der Waals surface area (Å²) < 4.78 is 0. The fourth-order valence-electron chi connectivity index (χ4n) is 6.53. The van der Waals surface area contributed by atoms with Crippen LogP contribution < -0.4 is 10.6 Å². The first-order chi connectivity index (χ1) is 21.4. The van der Waals surface area contributed by atoms with Gasteiger partial charge < -0.3 is 0 Å². The normalized spacial score (nSPS) is 14.6. The number of benzene rings is 3. The molecule has 0 bridgehead atoms. The predicted octanol–water partition coefficient (Wildman–Crippen LogP) is 11.0. The van der Waals surface area contributed by atoms with Gasteiger partial charge in [0.2, 0.25) is 0 Å². The van der Waals surface area contributed by atoms with Crippen LogP contribution in [0.5, 0.6) is 0 Å². The molecule has 0 amide bonds. The fraction of sp³-hybridized carbons (Fsp3) is 0.581. The molecule has 0 aliphatic carbocycles. The fourth-order valence-corrected chi connectivity index (χ4v) is 9.12. The van der Waals surface area contributed by atoms with Crippen molar-refractivity contribution in [2.45, 2.75) is 163 Å². The maximum atomic E-state index is 12.8. The van der Waals surface area contributed by atoms with Gasteiger partial charge in [0.1, 0.15) is 0 Å². The molecule has 4 heteroatoms. The van der Waals surface area contributed by atoms with Gasteiger partial charge >= 0.3 is 289 Å². The van der Waals surface area contributed by atoms with Gasteiger partial charge in [-0.25, -0.2) is 0 Å². The summed E-state index contributed by atoms with van der Waals surface area (Å²) in [4.78, 5) is 38.4. The zero-order valence-electron chi connectivity index (χ0n) is 32.5. The SMILES string of the molecule is CCC(C)(C)c1ccc(-c2c(C(C)(C)CC)ccc(P(O)(O)(O)c3ccc(C(C)(C)CC)cc3C(C)(C)CC)c2C(C)(C)CC)cc1. The van der Waals surface area contributed by atoms with Crippen LogP contribution in [0, 0.1) is 0 Å². The van der Waals surface area contributed by atoms with Gasteiger partial charge in [-0.05, 0) is 0 Å². The Morgan fingerprint density at radius 1 is 0.447 bits per heavy atom. The van der Waals surface area contributed by atoms with Crippen molar-refractivity contribution >= 4 is 17.9 Å². The first-order valence-corrected chi connectivity index (χ1v) is 20.2. The summed E-state index contributed by atoms with van der Waals surface area (Å²) in [6.07, 6.45) is 4.43. The van der Waals surface area contributed by atoms with E-state index in [0.29, 0.717) is 0 Å². The molecule has 0 fully saturated rings. The topological polar surface area (TPSA) is 60.7 Å². The minimum absolute atomic E-state index is 0.0470. The zero-order valence-corrected chi connectivity index (χ0v) is 33.4. The number of hydrogen-bond donors (Lipinski definition) is 3. The molecule has 0 unspecified atom stereocenters. The van der Waals surface area contributed by atoms with Crippen molar-refractivity contribution in [1.29, 1.82) is 0 Å². The second-order valence-electron chi connectivity index (χ2n) is 17.4. The van der Waals surface area contributed by atoms with Gasteiger partial charge in [0.05, 0.1) is 0 Å². The van der Waals surface area contributed by atoms with Crippen LogP contribution in [0.15, 0.2) is 54.6 Å². The Hall–Kier alpha value is -2.03. The molecule has 0 saturated carbocycles. The van der Waals surface area contributed by atoms with Gasteiger partial charge in [0.15, 0.2) is 0 Å². The van der Waals surface area contributed by atoms with Crippen LogP contribution in [0.25, 0.3) is 11.1 Å². The third-order valence-electron chi connectivity index (χ3n) is 12.4. The quantitative estimate of drug-likeness (QED) is 0.160. The van der Waals surface area contributed by atoms with Crippen molar-refractivity contribution in [2.75, 3.05) is 0 Å². The van der Waals surface area contributed by atoms with E-state index in [1.165, 1.54) is 5.56 Å². The van der Waals surface area contributed by atoms with Crippen LogP contribution in [-0.2, 0) is 27.1 Å². The maximum absolute atomic E-state index is 12.8. The summed E-state index contributed by atoms with van der Waals surface area (Å²) >= 11 is 0. The Morgan fingerprint density at radius 3 is 1.32 bits per heavy atom. The molecule has 0 aromatic heterocycles. The molecule has 0 aliphatic heterocycles. The van der Waals surface area contributed by atoms with E-state index in [9.17, 15) is 14.7 Å². The van der Waals surface area contributed by atoms with Crippen LogP contribution in [0.2, 0.25) is 0 Å². The second-order valence-corrected chi connectivity index (χ2v) is 20.3. The van der Waals surface area contributed by atoms with Crippen LogP contribution in [0.1, 0.15) is 164 Å². The van der Waals surface area contributed by atoms with Crippen molar-refractivity contribution in [3.05, 3.63) is 82.4 Å². The van der Waals surface area contributed by atoms with Crippen molar-refractivity contribution in [2.24, 2.45) is 0 Å². The van der Waals surface area contributed by atoms with E-state index < -0.39 is 18.1 Å². The molecule has 0 spiro atoms. The third-order valence-corrected chi connectivity index (χ3v) is 14.9. The molecule has 0 aliphatic rings. The van der Waals surface area contributed by atoms with E-state index in [0.717, 1.165) is 65.5 Å². The van der Waals surface area contributed by atoms with Gasteiger partial charge in [0, 0.05) is 0 Å². The van der Waals surface area contributed by atoms with Crippen LogP contribution in [0.3, 0.4) is 0 Å². The number of hydrogen-bond acceptors (Lipinski definition) is 3. The van der Waals surface area contributed by atoms with E-state index in [1.807, 2.05) is 18.2 Å². The molecule has 0 radical (unpaired) electrons. The summed E-state index contributed by atoms with van der Waals surface area (Å²) in [6.45, 7) is 33.0. The first-order valence-electron chi connectivity index (χ1n) is 18.1. The van der Waals surface area contributed by atoms with Gasteiger partial charge in [-0.3, -0.25) is 0 Å². The van der Waals surface area contributed by atoms with Crippen LogP contribution in [-0.4, -0.2) is 14.7 Å². The molecule has 3 aromatic rings. The van der Waals surface area contributed by atoms with Gasteiger partial charge in [0.25, 0.3) is 0 Å². The first kappa shape index (κ1) is 39.4. The van der Waals surface area contributed by atoms with Crippen LogP contribution >= 0.6 is 7.28 Å². The molecule has 3 nitrogen and oxygen atoms in total. The Kier molecular flexibility index (Phi) is 10.9. The Morgan fingerprint density at radius 2 is 0.851 bits per heavy atom. The van der Waals surface area contributed by atoms with Gasteiger partial charge in [-0.2, -0.15) is 0 Å². The molecule has 3 rings (SSSR count). The van der Waals surface area contributed by atoms with E-state index >= 15 is 0 Å². The average molecular weight is 663 g/mol. The average Bonchev–Trinajstić information content (AvgIpc) is 3.03. The monoisotopic (exact) mass is 662 g/mol. The molecule has 0 atom stereocenters. The molecule has 0 heterocycles. The minimum atomic E-state index is -5.71. The summed E-state index contributed by atoms with van der Waals surface area (Å²) in [5.41, 5.74) is 6.13. The predicted molar refractivity (Wildman–Crippen MR) is 208 cm³/mol. The molecular weight excluding hydrogens is 595 g/mol. The Labute approximate surface area is 288 Å². The summed E-state index contributed by atoms with van der Waals surface area (Å²) in [6, 6.07) is 18.7. The third kappa shape index (κ3) is 7.30. The van der Waals surface area contributed by atoms with E-state index in [2.05, 4.69) is 140 Å². The van der Waals surface area contributed by atoms with Crippen molar-refractivity contribution in [3.63, 3.8) is 0 Å². The summed E-state index contributed by atoms with van der Waals surface area (Å²) in [7, 11) is -5.71. The zero-order chi connectivity index (χ0) is 36.0. The van der Waals surface area contributed by atoms with Crippen molar-refractivity contribution in [3.8, 4) is 11.1 Å². The molecule has 262 valence electrons. The molecule has 3 aromatic carbocycles. The van der Waals surface area contributed by atoms with Gasteiger partial charge in [-0.15, -0.1) is 0 Å². The van der Waals surface area contributed by atoms with E-state index in [-0.39, 0.29) is 26.9 Å². The molecule has 3 N–H and O–H groups in total. The van der Waals surface area contributed by atoms with E-state index in [4.69, 9.17) is 0 Å².